The second kappa shape index (κ2) is 6.18. The van der Waals surface area contributed by atoms with E-state index in [9.17, 15) is 0 Å². The van der Waals surface area contributed by atoms with Gasteiger partial charge in [-0.25, -0.2) is 0 Å². The minimum Gasteiger partial charge on any atom is -0.379 e. The van der Waals surface area contributed by atoms with Crippen molar-refractivity contribution < 1.29 is 4.74 Å². The molecule has 0 bridgehead atoms. The molecule has 1 atom stereocenters. The Bertz CT molecular complexity index is 514. The van der Waals surface area contributed by atoms with Crippen LogP contribution in [0.5, 0.6) is 0 Å². The molecule has 3 aliphatic rings. The Balaban J connectivity index is 1.68. The molecule has 126 valence electrons. The average Bonchev–Trinajstić information content (AvgIpc) is 3.06. The van der Waals surface area contributed by atoms with E-state index in [1.54, 1.807) is 0 Å². The number of aromatic nitrogens is 1. The van der Waals surface area contributed by atoms with Crippen molar-refractivity contribution in [2.24, 2.45) is 5.92 Å². The van der Waals surface area contributed by atoms with E-state index >= 15 is 0 Å². The summed E-state index contributed by atoms with van der Waals surface area (Å²) >= 11 is 0. The second-order valence-corrected chi connectivity index (χ2v) is 7.86. The smallest absolute Gasteiger partial charge is 0.0594 e. The Morgan fingerprint density at radius 3 is 2.35 bits per heavy atom. The van der Waals surface area contributed by atoms with Gasteiger partial charge >= 0.3 is 0 Å². The molecular formula is C20H30N2O. The highest BCUT2D eigenvalue weighted by molar-refractivity contribution is 5.25. The molecule has 2 heterocycles. The summed E-state index contributed by atoms with van der Waals surface area (Å²) in [5, 5.41) is 0. The zero-order valence-corrected chi connectivity index (χ0v) is 14.5. The molecule has 0 aromatic carbocycles. The molecule has 2 saturated carbocycles. The van der Waals surface area contributed by atoms with E-state index < -0.39 is 0 Å². The molecule has 1 aliphatic heterocycles. The fourth-order valence-electron chi connectivity index (χ4n) is 5.66. The first-order chi connectivity index (χ1) is 11.3. The van der Waals surface area contributed by atoms with Crippen molar-refractivity contribution in [3.8, 4) is 0 Å². The molecule has 23 heavy (non-hydrogen) atoms. The van der Waals surface area contributed by atoms with Crippen LogP contribution in [0, 0.1) is 5.92 Å². The largest absolute Gasteiger partial charge is 0.379 e. The van der Waals surface area contributed by atoms with Crippen LogP contribution < -0.4 is 0 Å². The van der Waals surface area contributed by atoms with Crippen LogP contribution in [0.15, 0.2) is 24.4 Å². The van der Waals surface area contributed by atoms with Gasteiger partial charge in [0.25, 0.3) is 0 Å². The third kappa shape index (κ3) is 2.44. The molecule has 0 spiro atoms. The van der Waals surface area contributed by atoms with Crippen LogP contribution in [-0.4, -0.2) is 41.7 Å². The van der Waals surface area contributed by atoms with Gasteiger partial charge < -0.3 is 4.74 Å². The summed E-state index contributed by atoms with van der Waals surface area (Å²) in [6.07, 6.45) is 11.5. The summed E-state index contributed by atoms with van der Waals surface area (Å²) in [7, 11) is 0. The third-order valence-electron chi connectivity index (χ3n) is 7.17. The molecule has 3 fully saturated rings. The molecule has 1 saturated heterocycles. The SMILES string of the molecule is CC(C1(c2ccccn2)CCC1)C1(N2CCOCC2)CCCC1. The lowest BCUT2D eigenvalue weighted by Gasteiger charge is -2.57. The number of pyridine rings is 1. The van der Waals surface area contributed by atoms with Gasteiger partial charge in [0, 0.05) is 35.9 Å². The van der Waals surface area contributed by atoms with E-state index in [2.05, 4.69) is 24.0 Å². The minimum atomic E-state index is 0.309. The van der Waals surface area contributed by atoms with E-state index in [1.807, 2.05) is 12.3 Å². The third-order valence-corrected chi connectivity index (χ3v) is 7.17. The van der Waals surface area contributed by atoms with Gasteiger partial charge in [0.15, 0.2) is 0 Å². The fourth-order valence-corrected chi connectivity index (χ4v) is 5.66. The van der Waals surface area contributed by atoms with E-state index in [1.165, 1.54) is 50.6 Å². The van der Waals surface area contributed by atoms with Crippen molar-refractivity contribution in [1.29, 1.82) is 0 Å². The highest BCUT2D eigenvalue weighted by atomic mass is 16.5. The zero-order chi connectivity index (χ0) is 15.8. The Morgan fingerprint density at radius 2 is 1.78 bits per heavy atom. The molecule has 2 aliphatic carbocycles. The van der Waals surface area contributed by atoms with E-state index in [0.717, 1.165) is 26.3 Å². The topological polar surface area (TPSA) is 25.4 Å². The molecule has 1 aromatic rings. The van der Waals surface area contributed by atoms with Crippen LogP contribution >= 0.6 is 0 Å². The van der Waals surface area contributed by atoms with Gasteiger partial charge in [0.05, 0.1) is 13.2 Å². The van der Waals surface area contributed by atoms with Gasteiger partial charge in [0.2, 0.25) is 0 Å². The van der Waals surface area contributed by atoms with Crippen molar-refractivity contribution in [3.05, 3.63) is 30.1 Å². The summed E-state index contributed by atoms with van der Waals surface area (Å²) in [6.45, 7) is 6.58. The molecule has 3 nitrogen and oxygen atoms in total. The summed E-state index contributed by atoms with van der Waals surface area (Å²) in [5.74, 6) is 0.680. The Morgan fingerprint density at radius 1 is 1.04 bits per heavy atom. The van der Waals surface area contributed by atoms with Crippen LogP contribution in [0.25, 0.3) is 0 Å². The molecular weight excluding hydrogens is 284 g/mol. The van der Waals surface area contributed by atoms with Crippen LogP contribution in [0.1, 0.15) is 57.6 Å². The number of hydrogen-bond donors (Lipinski definition) is 0. The van der Waals surface area contributed by atoms with Crippen molar-refractivity contribution in [2.45, 2.75) is 62.8 Å². The number of nitrogens with zero attached hydrogens (tertiary/aromatic N) is 2. The second-order valence-electron chi connectivity index (χ2n) is 7.86. The van der Waals surface area contributed by atoms with Crippen LogP contribution in [0.3, 0.4) is 0 Å². The molecule has 0 N–H and O–H groups in total. The van der Waals surface area contributed by atoms with Crippen molar-refractivity contribution >= 4 is 0 Å². The quantitative estimate of drug-likeness (QED) is 0.845. The lowest BCUT2D eigenvalue weighted by Crippen LogP contribution is -2.61. The molecule has 3 heteroatoms. The zero-order valence-electron chi connectivity index (χ0n) is 14.5. The minimum absolute atomic E-state index is 0.309. The number of rotatable bonds is 4. The Hall–Kier alpha value is -0.930. The standard InChI is InChI=1S/C20H30N2O/c1-17(19(8-6-9-19)18-7-2-5-12-21-18)20(10-3-4-11-20)22-13-15-23-16-14-22/h2,5,7,12,17H,3-4,6,8-11,13-16H2,1H3. The molecule has 0 amide bonds. The van der Waals surface area contributed by atoms with Gasteiger partial charge in [-0.1, -0.05) is 32.3 Å². The van der Waals surface area contributed by atoms with Gasteiger partial charge in [-0.3, -0.25) is 9.88 Å². The first-order valence-corrected chi connectivity index (χ1v) is 9.52. The number of hydrogen-bond acceptors (Lipinski definition) is 3. The Kier molecular flexibility index (Phi) is 4.19. The van der Waals surface area contributed by atoms with E-state index in [4.69, 9.17) is 9.72 Å². The van der Waals surface area contributed by atoms with Gasteiger partial charge in [-0.15, -0.1) is 0 Å². The van der Waals surface area contributed by atoms with Gasteiger partial charge in [-0.05, 0) is 43.7 Å². The lowest BCUT2D eigenvalue weighted by atomic mass is 9.54. The lowest BCUT2D eigenvalue weighted by molar-refractivity contribution is -0.0706. The van der Waals surface area contributed by atoms with Crippen molar-refractivity contribution in [3.63, 3.8) is 0 Å². The van der Waals surface area contributed by atoms with Crippen LogP contribution in [-0.2, 0) is 10.2 Å². The van der Waals surface area contributed by atoms with Gasteiger partial charge in [-0.2, -0.15) is 0 Å². The number of morpholine rings is 1. The normalized spacial score (nSPS) is 28.2. The average molecular weight is 314 g/mol. The number of ether oxygens (including phenoxy) is 1. The first-order valence-electron chi connectivity index (χ1n) is 9.52. The Labute approximate surface area is 140 Å². The maximum atomic E-state index is 5.64. The highest BCUT2D eigenvalue weighted by Crippen LogP contribution is 2.56. The molecule has 4 rings (SSSR count). The fraction of sp³-hybridized carbons (Fsp3) is 0.750. The highest BCUT2D eigenvalue weighted by Gasteiger charge is 2.55. The summed E-state index contributed by atoms with van der Waals surface area (Å²) < 4.78 is 5.64. The van der Waals surface area contributed by atoms with E-state index in [-0.39, 0.29) is 0 Å². The first kappa shape index (κ1) is 15.6. The molecule has 1 unspecified atom stereocenters. The predicted octanol–water partition coefficient (Wildman–Crippen LogP) is 3.78. The maximum Gasteiger partial charge on any atom is 0.0594 e. The van der Waals surface area contributed by atoms with E-state index in [0.29, 0.717) is 16.9 Å². The monoisotopic (exact) mass is 314 g/mol. The summed E-state index contributed by atoms with van der Waals surface area (Å²) in [5.41, 5.74) is 2.03. The summed E-state index contributed by atoms with van der Waals surface area (Å²) in [6, 6.07) is 6.50. The van der Waals surface area contributed by atoms with Crippen LogP contribution in [0.2, 0.25) is 0 Å². The molecule has 0 radical (unpaired) electrons. The van der Waals surface area contributed by atoms with Gasteiger partial charge in [0.1, 0.15) is 0 Å². The predicted molar refractivity (Wildman–Crippen MR) is 92.5 cm³/mol. The summed E-state index contributed by atoms with van der Waals surface area (Å²) in [4.78, 5) is 7.59. The van der Waals surface area contributed by atoms with Crippen molar-refractivity contribution in [1.82, 2.24) is 9.88 Å². The molecule has 1 aromatic heterocycles. The van der Waals surface area contributed by atoms with Crippen LogP contribution in [0.4, 0.5) is 0 Å². The van der Waals surface area contributed by atoms with Crippen molar-refractivity contribution in [2.75, 3.05) is 26.3 Å². The maximum absolute atomic E-state index is 5.64.